The fourth-order valence-electron chi connectivity index (χ4n) is 4.78. The standard InChI is InChI=1S/C17H22N2O4.C14H16N4.C3H8S/c20-12-14-8-15(17(23)18-9-16(21)22)11-19(10-14)7-6-13-4-2-1-3-5-13;1-16-7-6-14-9-17-11-18(14)10-13-4-2-12(8-15)3-5-13;1-3-4-2/h1-5,12,14-15H,6-11H2,(H,18,23)(H,21,22);2-5,9,11,16H,6-7,10H2,1H3;3H2,1-2H3/t14-,15?;;/m1../s1. The highest BCUT2D eigenvalue weighted by Crippen LogP contribution is 2.21. The van der Waals surface area contributed by atoms with Gasteiger partial charge in [-0.2, -0.15) is 17.0 Å². The highest BCUT2D eigenvalue weighted by atomic mass is 32.2. The maximum atomic E-state index is 12.1. The van der Waals surface area contributed by atoms with E-state index in [1.54, 1.807) is 0 Å². The second-order valence-corrected chi connectivity index (χ2v) is 11.8. The Hall–Kier alpha value is -3.98. The van der Waals surface area contributed by atoms with E-state index in [0.29, 0.717) is 25.1 Å². The molecule has 1 aliphatic heterocycles. The molecule has 45 heavy (non-hydrogen) atoms. The first kappa shape index (κ1) is 37.2. The number of piperidine rings is 1. The molecule has 3 aromatic rings. The number of nitriles is 1. The Morgan fingerprint density at radius 3 is 2.42 bits per heavy atom. The number of imidazole rings is 1. The van der Waals surface area contributed by atoms with Gasteiger partial charge in [0.05, 0.1) is 23.9 Å². The van der Waals surface area contributed by atoms with Crippen LogP contribution in [0, 0.1) is 23.2 Å². The van der Waals surface area contributed by atoms with E-state index in [0.717, 1.165) is 38.8 Å². The second kappa shape index (κ2) is 21.7. The van der Waals surface area contributed by atoms with Crippen LogP contribution >= 0.6 is 11.8 Å². The SMILES string of the molecule is CCSC.CNCCc1cncn1Cc1ccc(C#N)cc1.O=C[C@@H]1CC(C(=O)NCC(=O)O)CN(CCc2ccccc2)C1. The highest BCUT2D eigenvalue weighted by Gasteiger charge is 2.31. The van der Waals surface area contributed by atoms with Crippen molar-refractivity contribution in [1.82, 2.24) is 25.1 Å². The van der Waals surface area contributed by atoms with Crippen LogP contribution in [0.2, 0.25) is 0 Å². The van der Waals surface area contributed by atoms with E-state index in [4.69, 9.17) is 10.4 Å². The van der Waals surface area contributed by atoms with Gasteiger partial charge in [0, 0.05) is 57.0 Å². The molecule has 10 nitrogen and oxygen atoms in total. The van der Waals surface area contributed by atoms with Crippen LogP contribution in [0.4, 0.5) is 0 Å². The molecule has 242 valence electrons. The van der Waals surface area contributed by atoms with E-state index >= 15 is 0 Å². The smallest absolute Gasteiger partial charge is 0.322 e. The third kappa shape index (κ3) is 14.6. The minimum atomic E-state index is -1.07. The van der Waals surface area contributed by atoms with E-state index in [-0.39, 0.29) is 24.3 Å². The van der Waals surface area contributed by atoms with E-state index in [9.17, 15) is 14.4 Å². The van der Waals surface area contributed by atoms with Crippen LogP contribution < -0.4 is 10.6 Å². The number of nitrogens with zero attached hydrogens (tertiary/aromatic N) is 4. The summed E-state index contributed by atoms with van der Waals surface area (Å²) < 4.78 is 2.14. The first-order chi connectivity index (χ1) is 21.8. The molecular formula is C34H46N6O4S. The molecule has 4 rings (SSSR count). The fraction of sp³-hybridized carbons (Fsp3) is 0.441. The number of carbonyl (C=O) groups is 3. The van der Waals surface area contributed by atoms with Gasteiger partial charge in [0.1, 0.15) is 12.8 Å². The minimum Gasteiger partial charge on any atom is -0.480 e. The van der Waals surface area contributed by atoms with Crippen molar-refractivity contribution in [3.63, 3.8) is 0 Å². The molecule has 1 fully saturated rings. The van der Waals surface area contributed by atoms with Crippen LogP contribution in [0.5, 0.6) is 0 Å². The summed E-state index contributed by atoms with van der Waals surface area (Å²) in [5.74, 6) is -0.639. The molecule has 0 aliphatic carbocycles. The van der Waals surface area contributed by atoms with Crippen LogP contribution in [0.25, 0.3) is 0 Å². The second-order valence-electron chi connectivity index (χ2n) is 10.7. The summed E-state index contributed by atoms with van der Waals surface area (Å²) in [6, 6.07) is 19.8. The van der Waals surface area contributed by atoms with Gasteiger partial charge in [-0.15, -0.1) is 0 Å². The number of nitrogens with one attached hydrogen (secondary N) is 2. The number of benzene rings is 2. The molecule has 1 aromatic heterocycles. The van der Waals surface area contributed by atoms with Gasteiger partial charge >= 0.3 is 5.97 Å². The number of hydrogen-bond acceptors (Lipinski definition) is 8. The van der Waals surface area contributed by atoms with Crippen molar-refractivity contribution in [1.29, 1.82) is 5.26 Å². The highest BCUT2D eigenvalue weighted by molar-refractivity contribution is 7.98. The molecule has 11 heteroatoms. The maximum Gasteiger partial charge on any atom is 0.322 e. The van der Waals surface area contributed by atoms with E-state index in [2.05, 4.69) is 56.5 Å². The van der Waals surface area contributed by atoms with Crippen LogP contribution in [0.1, 0.15) is 35.7 Å². The first-order valence-electron chi connectivity index (χ1n) is 15.2. The molecule has 1 saturated heterocycles. The fourth-order valence-corrected chi connectivity index (χ4v) is 4.78. The molecule has 1 aliphatic rings. The zero-order valence-corrected chi connectivity index (χ0v) is 27.3. The number of likely N-dealkylation sites (tertiary alicyclic amines) is 1. The van der Waals surface area contributed by atoms with Gasteiger partial charge in [-0.1, -0.05) is 49.4 Å². The monoisotopic (exact) mass is 634 g/mol. The summed E-state index contributed by atoms with van der Waals surface area (Å²) in [5.41, 5.74) is 4.30. The van der Waals surface area contributed by atoms with Crippen LogP contribution in [0.3, 0.4) is 0 Å². The van der Waals surface area contributed by atoms with E-state index < -0.39 is 5.97 Å². The number of hydrogen-bond donors (Lipinski definition) is 3. The lowest BCUT2D eigenvalue weighted by Crippen LogP contribution is -2.48. The lowest BCUT2D eigenvalue weighted by molar-refractivity contribution is -0.139. The molecule has 3 N–H and O–H groups in total. The van der Waals surface area contributed by atoms with E-state index in [1.165, 1.54) is 22.6 Å². The topological polar surface area (TPSA) is 140 Å². The number of carboxylic acid groups (broad SMARTS) is 1. The molecule has 0 saturated carbocycles. The lowest BCUT2D eigenvalue weighted by atomic mass is 9.89. The van der Waals surface area contributed by atoms with Gasteiger partial charge < -0.3 is 30.0 Å². The Morgan fingerprint density at radius 2 is 1.82 bits per heavy atom. The van der Waals surface area contributed by atoms with Gasteiger partial charge in [0.15, 0.2) is 0 Å². The number of aliphatic carboxylic acids is 1. The zero-order valence-electron chi connectivity index (χ0n) is 26.5. The number of carboxylic acids is 1. The molecule has 0 radical (unpaired) electrons. The van der Waals surface area contributed by atoms with Crippen molar-refractivity contribution in [2.75, 3.05) is 51.8 Å². The van der Waals surface area contributed by atoms with Gasteiger partial charge in [-0.3, -0.25) is 9.59 Å². The summed E-state index contributed by atoms with van der Waals surface area (Å²) in [4.78, 5) is 40.1. The molecular weight excluding hydrogens is 588 g/mol. The number of rotatable bonds is 13. The predicted octanol–water partition coefficient (Wildman–Crippen LogP) is 3.50. The third-order valence-corrected chi connectivity index (χ3v) is 7.83. The van der Waals surface area contributed by atoms with Gasteiger partial charge in [-0.05, 0) is 55.2 Å². The van der Waals surface area contributed by atoms with Crippen molar-refractivity contribution >= 4 is 29.9 Å². The van der Waals surface area contributed by atoms with Gasteiger partial charge in [-0.25, -0.2) is 4.98 Å². The first-order valence-corrected chi connectivity index (χ1v) is 16.5. The van der Waals surface area contributed by atoms with Gasteiger partial charge in [0.25, 0.3) is 0 Å². The molecule has 1 unspecified atom stereocenters. The number of carbonyl (C=O) groups excluding carboxylic acids is 2. The van der Waals surface area contributed by atoms with E-state index in [1.807, 2.05) is 73.8 Å². The average Bonchev–Trinajstić information content (AvgIpc) is 3.52. The molecule has 0 spiro atoms. The van der Waals surface area contributed by atoms with Crippen molar-refractivity contribution in [2.45, 2.75) is 32.7 Å². The van der Waals surface area contributed by atoms with Crippen molar-refractivity contribution < 1.29 is 19.5 Å². The Balaban J connectivity index is 0.000000286. The molecule has 2 atom stereocenters. The predicted molar refractivity (Wildman–Crippen MR) is 179 cm³/mol. The summed E-state index contributed by atoms with van der Waals surface area (Å²) >= 11 is 1.86. The van der Waals surface area contributed by atoms with Crippen LogP contribution in [0.15, 0.2) is 67.1 Å². The normalized spacial score (nSPS) is 15.8. The van der Waals surface area contributed by atoms with Crippen LogP contribution in [-0.4, -0.2) is 89.5 Å². The van der Waals surface area contributed by atoms with Crippen molar-refractivity contribution in [3.8, 4) is 6.07 Å². The summed E-state index contributed by atoms with van der Waals surface area (Å²) in [7, 11) is 1.95. The Labute approximate surface area is 271 Å². The zero-order chi connectivity index (χ0) is 32.9. The summed E-state index contributed by atoms with van der Waals surface area (Å²) in [6.07, 6.45) is 9.05. The number of thioether (sulfide) groups is 1. The average molecular weight is 635 g/mol. The molecule has 1 amide bonds. The summed E-state index contributed by atoms with van der Waals surface area (Å²) in [6.45, 7) is 5.48. The number of aldehydes is 1. The Bertz CT molecular complexity index is 1320. The maximum absolute atomic E-state index is 12.1. The third-order valence-electron chi connectivity index (χ3n) is 7.25. The number of amides is 1. The Kier molecular flexibility index (Phi) is 17.9. The summed E-state index contributed by atoms with van der Waals surface area (Å²) in [5, 5.41) is 22.9. The minimum absolute atomic E-state index is 0.180. The molecule has 0 bridgehead atoms. The van der Waals surface area contributed by atoms with Gasteiger partial charge in [0.2, 0.25) is 5.91 Å². The van der Waals surface area contributed by atoms with Crippen molar-refractivity contribution in [3.05, 3.63) is 89.5 Å². The van der Waals surface area contributed by atoms with Crippen LogP contribution in [-0.2, 0) is 33.8 Å². The number of aromatic nitrogens is 2. The Morgan fingerprint density at radius 1 is 1.11 bits per heavy atom. The largest absolute Gasteiger partial charge is 0.480 e. The molecule has 2 heterocycles. The molecule has 2 aromatic carbocycles. The quantitative estimate of drug-likeness (QED) is 0.241. The lowest BCUT2D eigenvalue weighted by Gasteiger charge is -2.35. The number of likely N-dealkylation sites (N-methyl/N-ethyl adjacent to an activating group) is 1. The van der Waals surface area contributed by atoms with Crippen molar-refractivity contribution in [2.24, 2.45) is 11.8 Å².